The first-order valence-corrected chi connectivity index (χ1v) is 8.89. The van der Waals surface area contributed by atoms with Gasteiger partial charge in [-0.1, -0.05) is 18.2 Å². The topological polar surface area (TPSA) is 78.4 Å². The molecule has 3 rings (SSSR count). The molecular formula is C19H20ClN5O2. The first kappa shape index (κ1) is 18.8. The van der Waals surface area contributed by atoms with Crippen LogP contribution in [0.4, 0.5) is 11.6 Å². The lowest BCUT2D eigenvalue weighted by Crippen LogP contribution is -2.32. The zero-order valence-electron chi connectivity index (χ0n) is 14.9. The van der Waals surface area contributed by atoms with Crippen LogP contribution < -0.4 is 10.2 Å². The van der Waals surface area contributed by atoms with E-state index in [4.69, 9.17) is 11.6 Å². The third kappa shape index (κ3) is 4.43. The van der Waals surface area contributed by atoms with Gasteiger partial charge in [0.2, 0.25) is 11.9 Å². The van der Waals surface area contributed by atoms with E-state index in [9.17, 15) is 9.59 Å². The molecule has 0 aliphatic carbocycles. The van der Waals surface area contributed by atoms with E-state index >= 15 is 0 Å². The van der Waals surface area contributed by atoms with Gasteiger partial charge in [-0.25, -0.2) is 9.97 Å². The maximum atomic E-state index is 12.7. The summed E-state index contributed by atoms with van der Waals surface area (Å²) in [6.45, 7) is 4.70. The summed E-state index contributed by atoms with van der Waals surface area (Å²) in [5, 5.41) is 3.70. The number of hydrogen-bond acceptors (Lipinski definition) is 5. The fraction of sp³-hybridized carbons (Fsp3) is 0.263. The summed E-state index contributed by atoms with van der Waals surface area (Å²) in [5.74, 6) is 0.255. The van der Waals surface area contributed by atoms with Crippen molar-refractivity contribution in [1.82, 2.24) is 14.9 Å². The number of aromatic nitrogens is 2. The summed E-state index contributed by atoms with van der Waals surface area (Å²) in [7, 11) is 1.66. The van der Waals surface area contributed by atoms with Crippen LogP contribution in [0.25, 0.3) is 0 Å². The molecule has 0 bridgehead atoms. The quantitative estimate of drug-likeness (QED) is 0.800. The summed E-state index contributed by atoms with van der Waals surface area (Å²) < 4.78 is 0. The van der Waals surface area contributed by atoms with Crippen LogP contribution in [0.1, 0.15) is 16.8 Å². The Morgan fingerprint density at radius 2 is 1.96 bits per heavy atom. The zero-order chi connectivity index (χ0) is 19.4. The number of benzene rings is 1. The van der Waals surface area contributed by atoms with Gasteiger partial charge in [-0.05, 0) is 36.8 Å². The van der Waals surface area contributed by atoms with Crippen LogP contribution in [-0.4, -0.2) is 52.9 Å². The van der Waals surface area contributed by atoms with Gasteiger partial charge in [0.1, 0.15) is 0 Å². The number of rotatable bonds is 5. The lowest BCUT2D eigenvalue weighted by Gasteiger charge is -2.19. The van der Waals surface area contributed by atoms with E-state index in [0.29, 0.717) is 35.3 Å². The minimum absolute atomic E-state index is 0.0411. The van der Waals surface area contributed by atoms with Crippen LogP contribution in [0, 0.1) is 0 Å². The van der Waals surface area contributed by atoms with Crippen LogP contribution in [-0.2, 0) is 4.79 Å². The highest BCUT2D eigenvalue weighted by atomic mass is 35.5. The summed E-state index contributed by atoms with van der Waals surface area (Å²) in [5.41, 5.74) is 1.29. The number of nitrogens with zero attached hydrogens (tertiary/aromatic N) is 4. The molecule has 0 radical (unpaired) electrons. The largest absolute Gasteiger partial charge is 0.350 e. The fourth-order valence-electron chi connectivity index (χ4n) is 2.91. The molecule has 0 spiro atoms. The number of nitrogens with one attached hydrogen (secondary N) is 1. The van der Waals surface area contributed by atoms with Gasteiger partial charge < -0.3 is 15.1 Å². The van der Waals surface area contributed by atoms with E-state index in [1.54, 1.807) is 36.2 Å². The Labute approximate surface area is 162 Å². The number of halogens is 1. The van der Waals surface area contributed by atoms with E-state index < -0.39 is 0 Å². The van der Waals surface area contributed by atoms with Crippen molar-refractivity contribution < 1.29 is 9.59 Å². The smallest absolute Gasteiger partial charge is 0.253 e. The minimum Gasteiger partial charge on any atom is -0.350 e. The molecule has 1 aromatic heterocycles. The molecule has 27 heavy (non-hydrogen) atoms. The Kier molecular flexibility index (Phi) is 5.71. The number of likely N-dealkylation sites (N-methyl/N-ethyl adjacent to an activating group) is 1. The Balaban J connectivity index is 1.60. The van der Waals surface area contributed by atoms with Gasteiger partial charge in [0, 0.05) is 37.4 Å². The molecule has 2 heterocycles. The molecule has 140 valence electrons. The predicted molar refractivity (Wildman–Crippen MR) is 105 cm³/mol. The molecule has 8 heteroatoms. The van der Waals surface area contributed by atoms with Crippen molar-refractivity contribution in [3.8, 4) is 0 Å². The standard InChI is InChI=1S/C19H20ClN5O2/c1-3-17(26)24(2)16-6-4-13(5-7-16)18(27)25-9-8-15(12-25)23-19-21-10-14(20)11-22-19/h3-7,10-11,15H,1,8-9,12H2,2H3,(H,21,22,23). The van der Waals surface area contributed by atoms with Crippen molar-refractivity contribution in [3.05, 3.63) is 59.9 Å². The molecule has 1 N–H and O–H groups in total. The number of hydrogen-bond donors (Lipinski definition) is 1. The predicted octanol–water partition coefficient (Wildman–Crippen LogP) is 2.61. The Bertz CT molecular complexity index is 838. The molecule has 1 atom stereocenters. The SMILES string of the molecule is C=CC(=O)N(C)c1ccc(C(=O)N2CCC(Nc3ncc(Cl)cn3)C2)cc1. The number of carbonyl (C=O) groups is 2. The van der Waals surface area contributed by atoms with Gasteiger partial charge in [0.15, 0.2) is 0 Å². The first-order chi connectivity index (χ1) is 13.0. The molecule has 1 aromatic carbocycles. The van der Waals surface area contributed by atoms with Gasteiger partial charge in [0.25, 0.3) is 5.91 Å². The maximum Gasteiger partial charge on any atom is 0.253 e. The fourth-order valence-corrected chi connectivity index (χ4v) is 3.00. The minimum atomic E-state index is -0.202. The molecule has 1 aliphatic heterocycles. The van der Waals surface area contributed by atoms with E-state index in [2.05, 4.69) is 21.9 Å². The second-order valence-electron chi connectivity index (χ2n) is 6.25. The molecule has 2 amide bonds. The second kappa shape index (κ2) is 8.18. The molecule has 7 nitrogen and oxygen atoms in total. The number of amides is 2. The normalized spacial score (nSPS) is 16.1. The maximum absolute atomic E-state index is 12.7. The van der Waals surface area contributed by atoms with Gasteiger partial charge in [-0.15, -0.1) is 0 Å². The Morgan fingerprint density at radius 1 is 1.30 bits per heavy atom. The summed E-state index contributed by atoms with van der Waals surface area (Å²) in [6, 6.07) is 7.05. The van der Waals surface area contributed by atoms with E-state index in [-0.39, 0.29) is 17.9 Å². The summed E-state index contributed by atoms with van der Waals surface area (Å²) in [4.78, 5) is 35.9. The zero-order valence-corrected chi connectivity index (χ0v) is 15.7. The third-order valence-corrected chi connectivity index (χ3v) is 4.63. The van der Waals surface area contributed by atoms with Gasteiger partial charge in [-0.2, -0.15) is 0 Å². The van der Waals surface area contributed by atoms with Crippen molar-refractivity contribution in [2.75, 3.05) is 30.4 Å². The average molecular weight is 386 g/mol. The summed E-state index contributed by atoms with van der Waals surface area (Å²) in [6.07, 6.45) is 5.13. The van der Waals surface area contributed by atoms with Gasteiger partial charge in [0.05, 0.1) is 17.4 Å². The van der Waals surface area contributed by atoms with Crippen molar-refractivity contribution >= 4 is 35.1 Å². The van der Waals surface area contributed by atoms with E-state index in [0.717, 1.165) is 6.42 Å². The van der Waals surface area contributed by atoms with E-state index in [1.807, 2.05) is 0 Å². The molecule has 2 aromatic rings. The number of anilines is 2. The monoisotopic (exact) mass is 385 g/mol. The first-order valence-electron chi connectivity index (χ1n) is 8.51. The molecule has 1 aliphatic rings. The number of carbonyl (C=O) groups excluding carboxylic acids is 2. The third-order valence-electron chi connectivity index (χ3n) is 4.44. The highest BCUT2D eigenvalue weighted by Crippen LogP contribution is 2.19. The van der Waals surface area contributed by atoms with Crippen molar-refractivity contribution in [2.24, 2.45) is 0 Å². The highest BCUT2D eigenvalue weighted by molar-refractivity contribution is 6.30. The Morgan fingerprint density at radius 3 is 2.59 bits per heavy atom. The van der Waals surface area contributed by atoms with Crippen LogP contribution in [0.5, 0.6) is 0 Å². The van der Waals surface area contributed by atoms with Crippen LogP contribution >= 0.6 is 11.6 Å². The summed E-state index contributed by atoms with van der Waals surface area (Å²) >= 11 is 5.78. The van der Waals surface area contributed by atoms with Crippen LogP contribution in [0.15, 0.2) is 49.3 Å². The molecule has 1 saturated heterocycles. The van der Waals surface area contributed by atoms with Crippen LogP contribution in [0.3, 0.4) is 0 Å². The molecule has 0 saturated carbocycles. The van der Waals surface area contributed by atoms with Crippen molar-refractivity contribution in [1.29, 1.82) is 0 Å². The Hall–Kier alpha value is -2.93. The van der Waals surface area contributed by atoms with E-state index in [1.165, 1.54) is 23.4 Å². The van der Waals surface area contributed by atoms with Gasteiger partial charge >= 0.3 is 0 Å². The van der Waals surface area contributed by atoms with Gasteiger partial charge in [-0.3, -0.25) is 9.59 Å². The average Bonchev–Trinajstić information content (AvgIpc) is 3.16. The van der Waals surface area contributed by atoms with Crippen molar-refractivity contribution in [3.63, 3.8) is 0 Å². The van der Waals surface area contributed by atoms with Crippen LogP contribution in [0.2, 0.25) is 5.02 Å². The second-order valence-corrected chi connectivity index (χ2v) is 6.69. The number of likely N-dealkylation sites (tertiary alicyclic amines) is 1. The lowest BCUT2D eigenvalue weighted by molar-refractivity contribution is -0.113. The highest BCUT2D eigenvalue weighted by Gasteiger charge is 2.27. The molecule has 1 fully saturated rings. The molecule has 1 unspecified atom stereocenters. The lowest BCUT2D eigenvalue weighted by atomic mass is 10.1. The molecular weight excluding hydrogens is 366 g/mol. The van der Waals surface area contributed by atoms with Crippen molar-refractivity contribution in [2.45, 2.75) is 12.5 Å².